The Morgan fingerprint density at radius 1 is 0.696 bits per heavy atom. The zero-order chi connectivity index (χ0) is 15.6. The Labute approximate surface area is 135 Å². The van der Waals surface area contributed by atoms with Gasteiger partial charge in [0, 0.05) is 18.0 Å². The zero-order valence-corrected chi connectivity index (χ0v) is 12.9. The molecule has 0 amide bonds. The van der Waals surface area contributed by atoms with Crippen molar-refractivity contribution >= 4 is 10.8 Å². The molecule has 23 heavy (non-hydrogen) atoms. The van der Waals surface area contributed by atoms with Gasteiger partial charge in [-0.1, -0.05) is 42.5 Å². The third kappa shape index (κ3) is 2.71. The van der Waals surface area contributed by atoms with Crippen LogP contribution in [0.5, 0.6) is 0 Å². The average Bonchev–Trinajstić information content (AvgIpc) is 2.61. The summed E-state index contributed by atoms with van der Waals surface area (Å²) in [6.45, 7) is 2.12. The van der Waals surface area contributed by atoms with Crippen LogP contribution in [0.15, 0.2) is 79.3 Å². The van der Waals surface area contributed by atoms with Crippen LogP contribution in [0.4, 0.5) is 0 Å². The molecule has 0 fully saturated rings. The van der Waals surface area contributed by atoms with Gasteiger partial charge in [-0.05, 0) is 52.6 Å². The fraction of sp³-hybridized carbons (Fsp3) is 0.0476. The molecule has 0 N–H and O–H groups in total. The summed E-state index contributed by atoms with van der Waals surface area (Å²) in [6.07, 6.45) is 5.23. The van der Waals surface area contributed by atoms with Crippen molar-refractivity contribution < 1.29 is 0 Å². The number of hydrogen-bond acceptors (Lipinski definition) is 2. The van der Waals surface area contributed by atoms with Crippen molar-refractivity contribution in [1.29, 1.82) is 0 Å². The molecule has 1 heterocycles. The van der Waals surface area contributed by atoms with Crippen LogP contribution in [0.2, 0.25) is 0 Å². The van der Waals surface area contributed by atoms with E-state index in [9.17, 15) is 0 Å². The Hall–Kier alpha value is -3.00. The molecule has 0 spiro atoms. The molecule has 0 radical (unpaired) electrons. The first kappa shape index (κ1) is 13.6. The number of aromatic nitrogens is 2. The van der Waals surface area contributed by atoms with Crippen molar-refractivity contribution in [2.24, 2.45) is 0 Å². The lowest BCUT2D eigenvalue weighted by molar-refractivity contribution is 1.20. The van der Waals surface area contributed by atoms with E-state index in [-0.39, 0.29) is 0 Å². The number of benzene rings is 3. The minimum absolute atomic E-state index is 0.901. The highest BCUT2D eigenvalue weighted by Crippen LogP contribution is 2.29. The smallest absolute Gasteiger partial charge is 0.0885 e. The van der Waals surface area contributed by atoms with E-state index in [1.54, 1.807) is 18.6 Å². The van der Waals surface area contributed by atoms with Crippen LogP contribution < -0.4 is 0 Å². The Morgan fingerprint density at radius 3 is 2.35 bits per heavy atom. The van der Waals surface area contributed by atoms with E-state index in [4.69, 9.17) is 0 Å². The number of aryl methyl sites for hydroxylation is 1. The Balaban J connectivity index is 1.86. The molecule has 0 atom stereocenters. The summed E-state index contributed by atoms with van der Waals surface area (Å²) in [5, 5.41) is 2.52. The zero-order valence-electron chi connectivity index (χ0n) is 12.9. The molecular formula is C21H16N2. The van der Waals surface area contributed by atoms with Gasteiger partial charge in [-0.15, -0.1) is 0 Å². The molecule has 0 saturated carbocycles. The van der Waals surface area contributed by atoms with E-state index in [0.29, 0.717) is 0 Å². The Kier molecular flexibility index (Phi) is 3.35. The highest BCUT2D eigenvalue weighted by Gasteiger charge is 2.05. The SMILES string of the molecule is Cc1cc(-c2ccc3ccccc3c2)cc(-c2cnccn2)c1. The van der Waals surface area contributed by atoms with Crippen LogP contribution in [-0.2, 0) is 0 Å². The van der Waals surface area contributed by atoms with Crippen LogP contribution in [0.3, 0.4) is 0 Å². The molecule has 0 aliphatic heterocycles. The molecule has 0 saturated heterocycles. The standard InChI is InChI=1S/C21H16N2/c1-15-10-19(13-20(11-15)21-14-22-8-9-23-21)18-7-6-16-4-2-3-5-17(16)12-18/h2-14H,1H3. The van der Waals surface area contributed by atoms with Gasteiger partial charge in [-0.3, -0.25) is 9.97 Å². The molecule has 0 bridgehead atoms. The van der Waals surface area contributed by atoms with Gasteiger partial charge >= 0.3 is 0 Å². The van der Waals surface area contributed by atoms with E-state index in [0.717, 1.165) is 11.3 Å². The summed E-state index contributed by atoms with van der Waals surface area (Å²) in [5.74, 6) is 0. The topological polar surface area (TPSA) is 25.8 Å². The first-order valence-corrected chi connectivity index (χ1v) is 7.67. The third-order valence-electron chi connectivity index (χ3n) is 4.02. The first-order valence-electron chi connectivity index (χ1n) is 7.67. The Bertz CT molecular complexity index is 975. The molecule has 0 aliphatic carbocycles. The van der Waals surface area contributed by atoms with E-state index < -0.39 is 0 Å². The second kappa shape index (κ2) is 5.65. The maximum atomic E-state index is 4.41. The van der Waals surface area contributed by atoms with Crippen molar-refractivity contribution in [1.82, 2.24) is 9.97 Å². The van der Waals surface area contributed by atoms with Crippen LogP contribution in [-0.4, -0.2) is 9.97 Å². The minimum atomic E-state index is 0.901. The maximum absolute atomic E-state index is 4.41. The van der Waals surface area contributed by atoms with Gasteiger partial charge in [-0.2, -0.15) is 0 Å². The van der Waals surface area contributed by atoms with Crippen molar-refractivity contribution in [3.05, 3.63) is 84.8 Å². The highest BCUT2D eigenvalue weighted by atomic mass is 14.8. The molecule has 3 aromatic carbocycles. The van der Waals surface area contributed by atoms with Crippen LogP contribution in [0.1, 0.15) is 5.56 Å². The molecule has 4 rings (SSSR count). The molecule has 4 aromatic rings. The molecule has 2 heteroatoms. The lowest BCUT2D eigenvalue weighted by Crippen LogP contribution is -1.88. The first-order chi connectivity index (χ1) is 11.3. The van der Waals surface area contributed by atoms with Crippen LogP contribution in [0, 0.1) is 6.92 Å². The fourth-order valence-corrected chi connectivity index (χ4v) is 2.91. The van der Waals surface area contributed by atoms with E-state index >= 15 is 0 Å². The van der Waals surface area contributed by atoms with Gasteiger partial charge in [0.2, 0.25) is 0 Å². The van der Waals surface area contributed by atoms with Gasteiger partial charge in [0.15, 0.2) is 0 Å². The minimum Gasteiger partial charge on any atom is -0.261 e. The van der Waals surface area contributed by atoms with Crippen molar-refractivity contribution in [2.75, 3.05) is 0 Å². The molecule has 110 valence electrons. The molecular weight excluding hydrogens is 280 g/mol. The summed E-state index contributed by atoms with van der Waals surface area (Å²) < 4.78 is 0. The van der Waals surface area contributed by atoms with Crippen molar-refractivity contribution in [3.63, 3.8) is 0 Å². The summed E-state index contributed by atoms with van der Waals surface area (Å²) in [6, 6.07) is 21.6. The van der Waals surface area contributed by atoms with Gasteiger partial charge in [0.1, 0.15) is 0 Å². The van der Waals surface area contributed by atoms with E-state index in [1.807, 2.05) is 0 Å². The number of rotatable bonds is 2. The van der Waals surface area contributed by atoms with E-state index in [2.05, 4.69) is 77.6 Å². The van der Waals surface area contributed by atoms with Gasteiger partial charge in [-0.25, -0.2) is 0 Å². The van der Waals surface area contributed by atoms with E-state index in [1.165, 1.54) is 27.5 Å². The predicted molar refractivity (Wildman–Crippen MR) is 95.1 cm³/mol. The van der Waals surface area contributed by atoms with Gasteiger partial charge in [0.25, 0.3) is 0 Å². The van der Waals surface area contributed by atoms with Gasteiger partial charge in [0.05, 0.1) is 11.9 Å². The second-order valence-corrected chi connectivity index (χ2v) is 5.74. The number of fused-ring (bicyclic) bond motifs is 1. The second-order valence-electron chi connectivity index (χ2n) is 5.74. The Morgan fingerprint density at radius 2 is 1.52 bits per heavy atom. The summed E-state index contributed by atoms with van der Waals surface area (Å²) in [4.78, 5) is 8.58. The highest BCUT2D eigenvalue weighted by molar-refractivity contribution is 5.88. The molecule has 0 aliphatic rings. The molecule has 1 aromatic heterocycles. The monoisotopic (exact) mass is 296 g/mol. The summed E-state index contributed by atoms with van der Waals surface area (Å²) >= 11 is 0. The average molecular weight is 296 g/mol. The van der Waals surface area contributed by atoms with Crippen molar-refractivity contribution in [3.8, 4) is 22.4 Å². The summed E-state index contributed by atoms with van der Waals surface area (Å²) in [5.41, 5.74) is 5.64. The number of nitrogens with zero attached hydrogens (tertiary/aromatic N) is 2. The predicted octanol–water partition coefficient (Wildman–Crippen LogP) is 5.27. The quantitative estimate of drug-likeness (QED) is 0.503. The molecule has 2 nitrogen and oxygen atoms in total. The number of hydrogen-bond donors (Lipinski definition) is 0. The summed E-state index contributed by atoms with van der Waals surface area (Å²) in [7, 11) is 0. The van der Waals surface area contributed by atoms with Gasteiger partial charge < -0.3 is 0 Å². The van der Waals surface area contributed by atoms with Crippen LogP contribution in [0.25, 0.3) is 33.2 Å². The normalized spacial score (nSPS) is 10.8. The van der Waals surface area contributed by atoms with Crippen LogP contribution >= 0.6 is 0 Å². The maximum Gasteiger partial charge on any atom is 0.0885 e. The molecule has 0 unspecified atom stereocenters. The lowest BCUT2D eigenvalue weighted by Gasteiger charge is -2.09. The largest absolute Gasteiger partial charge is 0.261 e. The van der Waals surface area contributed by atoms with Crippen molar-refractivity contribution in [2.45, 2.75) is 6.92 Å². The fourth-order valence-electron chi connectivity index (χ4n) is 2.91. The third-order valence-corrected chi connectivity index (χ3v) is 4.02. The lowest BCUT2D eigenvalue weighted by atomic mass is 9.97.